The van der Waals surface area contributed by atoms with Gasteiger partial charge in [-0.2, -0.15) is 0 Å². The number of aliphatic hydroxyl groups is 1. The molecule has 0 saturated carbocycles. The van der Waals surface area contributed by atoms with E-state index in [2.05, 4.69) is 0 Å². The minimum Gasteiger partial charge on any atom is -0.510 e. The monoisotopic (exact) mass is 405 g/mol. The number of hydrogen-bond donors (Lipinski definition) is 2. The zero-order valence-corrected chi connectivity index (χ0v) is 16.6. The first-order valence-electron chi connectivity index (χ1n) is 9.28. The largest absolute Gasteiger partial charge is 0.510 e. The minimum absolute atomic E-state index is 0.184. The third kappa shape index (κ3) is 3.13. The molecular formula is C22H19N3O3S. The third-order valence-corrected chi connectivity index (χ3v) is 6.04. The average molecular weight is 405 g/mol. The van der Waals surface area contributed by atoms with Crippen molar-refractivity contribution in [2.75, 3.05) is 13.3 Å². The number of ether oxygens (including phenoxy) is 2. The van der Waals surface area contributed by atoms with E-state index in [0.29, 0.717) is 29.4 Å². The standard InChI is InChI=1S/C22H19N3O3S/c1-13-20(15-5-3-2-4-6-15)24-22(29-13)19-16(26)11-25(21(19)23)10-14-7-8-17-18(9-14)28-12-27-17/h2-9,23,26H,10-12H2,1H3. The predicted molar refractivity (Wildman–Crippen MR) is 113 cm³/mol. The highest BCUT2D eigenvalue weighted by atomic mass is 32.1. The maximum Gasteiger partial charge on any atom is 0.231 e. The first-order chi connectivity index (χ1) is 14.1. The van der Waals surface area contributed by atoms with Crippen LogP contribution in [0.3, 0.4) is 0 Å². The Balaban J connectivity index is 1.39. The van der Waals surface area contributed by atoms with Crippen LogP contribution >= 0.6 is 11.3 Å². The Labute approximate surface area is 172 Å². The van der Waals surface area contributed by atoms with E-state index in [1.807, 2.05) is 60.4 Å². The Morgan fingerprint density at radius 2 is 1.93 bits per heavy atom. The number of fused-ring (bicyclic) bond motifs is 1. The number of aromatic nitrogens is 1. The second-order valence-corrected chi connectivity index (χ2v) is 8.21. The van der Waals surface area contributed by atoms with Crippen molar-refractivity contribution in [3.63, 3.8) is 0 Å². The van der Waals surface area contributed by atoms with E-state index >= 15 is 0 Å². The molecule has 7 heteroatoms. The highest BCUT2D eigenvalue weighted by Crippen LogP contribution is 2.37. The molecule has 2 N–H and O–H groups in total. The van der Waals surface area contributed by atoms with Crippen LogP contribution in [0.5, 0.6) is 11.5 Å². The molecule has 29 heavy (non-hydrogen) atoms. The lowest BCUT2D eigenvalue weighted by atomic mass is 10.1. The second kappa shape index (κ2) is 6.93. The lowest BCUT2D eigenvalue weighted by Gasteiger charge is -2.18. The van der Waals surface area contributed by atoms with Crippen molar-refractivity contribution in [3.05, 3.63) is 69.7 Å². The van der Waals surface area contributed by atoms with Gasteiger partial charge in [0, 0.05) is 17.0 Å². The van der Waals surface area contributed by atoms with Gasteiger partial charge in [-0.05, 0) is 24.6 Å². The van der Waals surface area contributed by atoms with E-state index in [0.717, 1.165) is 27.4 Å². The van der Waals surface area contributed by atoms with Crippen LogP contribution in [0.4, 0.5) is 0 Å². The van der Waals surface area contributed by atoms with Gasteiger partial charge < -0.3 is 19.5 Å². The van der Waals surface area contributed by atoms with Gasteiger partial charge >= 0.3 is 0 Å². The number of nitrogens with one attached hydrogen (secondary N) is 1. The van der Waals surface area contributed by atoms with Gasteiger partial charge in [0.15, 0.2) is 11.5 Å². The maximum atomic E-state index is 10.6. The van der Waals surface area contributed by atoms with Crippen molar-refractivity contribution in [1.29, 1.82) is 5.41 Å². The van der Waals surface area contributed by atoms with E-state index in [-0.39, 0.29) is 18.4 Å². The van der Waals surface area contributed by atoms with Crippen LogP contribution in [0.1, 0.15) is 15.4 Å². The fourth-order valence-electron chi connectivity index (χ4n) is 3.62. The average Bonchev–Trinajstić information content (AvgIpc) is 3.40. The van der Waals surface area contributed by atoms with Gasteiger partial charge in [-0.15, -0.1) is 11.3 Å². The van der Waals surface area contributed by atoms with Gasteiger partial charge in [-0.1, -0.05) is 36.4 Å². The number of rotatable bonds is 4. The molecule has 6 nitrogen and oxygen atoms in total. The van der Waals surface area contributed by atoms with Crippen LogP contribution in [0.25, 0.3) is 16.8 Å². The van der Waals surface area contributed by atoms with Crippen LogP contribution < -0.4 is 9.47 Å². The first-order valence-corrected chi connectivity index (χ1v) is 10.1. The predicted octanol–water partition coefficient (Wildman–Crippen LogP) is 4.61. The van der Waals surface area contributed by atoms with E-state index in [1.54, 1.807) is 0 Å². The molecule has 0 fully saturated rings. The second-order valence-electron chi connectivity index (χ2n) is 7.00. The van der Waals surface area contributed by atoms with Gasteiger partial charge in [0.2, 0.25) is 6.79 Å². The molecule has 0 amide bonds. The Bertz CT molecular complexity index is 1140. The molecule has 1 aromatic heterocycles. The molecule has 0 spiro atoms. The van der Waals surface area contributed by atoms with Crippen LogP contribution in [-0.4, -0.2) is 34.2 Å². The smallest absolute Gasteiger partial charge is 0.231 e. The number of amidine groups is 1. The van der Waals surface area contributed by atoms with Gasteiger partial charge in [-0.3, -0.25) is 5.41 Å². The molecule has 2 aliphatic heterocycles. The van der Waals surface area contributed by atoms with E-state index in [9.17, 15) is 5.11 Å². The number of aryl methyl sites for hydroxylation is 1. The molecule has 0 saturated heterocycles. The molecule has 146 valence electrons. The lowest BCUT2D eigenvalue weighted by Crippen LogP contribution is -2.26. The molecule has 2 aliphatic rings. The van der Waals surface area contributed by atoms with Gasteiger partial charge in [0.25, 0.3) is 0 Å². The maximum absolute atomic E-state index is 10.6. The highest BCUT2D eigenvalue weighted by molar-refractivity contribution is 7.13. The van der Waals surface area contributed by atoms with Crippen molar-refractivity contribution in [2.24, 2.45) is 0 Å². The van der Waals surface area contributed by atoms with Crippen LogP contribution in [0.2, 0.25) is 0 Å². The Hall–Kier alpha value is -3.32. The molecular weight excluding hydrogens is 386 g/mol. The lowest BCUT2D eigenvalue weighted by molar-refractivity contribution is 0.174. The number of thiazole rings is 1. The minimum atomic E-state index is 0.184. The van der Waals surface area contributed by atoms with Gasteiger partial charge in [0.05, 0.1) is 17.8 Å². The fourth-order valence-corrected chi connectivity index (χ4v) is 4.62. The molecule has 5 rings (SSSR count). The number of nitrogens with zero attached hydrogens (tertiary/aromatic N) is 2. The van der Waals surface area contributed by atoms with Crippen LogP contribution in [0, 0.1) is 12.3 Å². The molecule has 0 unspecified atom stereocenters. The zero-order chi connectivity index (χ0) is 20.0. The van der Waals surface area contributed by atoms with Crippen molar-refractivity contribution >= 4 is 22.7 Å². The Morgan fingerprint density at radius 3 is 2.76 bits per heavy atom. The van der Waals surface area contributed by atoms with E-state index in [4.69, 9.17) is 19.9 Å². The summed E-state index contributed by atoms with van der Waals surface area (Å²) in [5.41, 5.74) is 3.44. The number of benzene rings is 2. The molecule has 0 atom stereocenters. The first kappa shape index (κ1) is 17.8. The summed E-state index contributed by atoms with van der Waals surface area (Å²) < 4.78 is 10.8. The summed E-state index contributed by atoms with van der Waals surface area (Å²) in [6.07, 6.45) is 0. The fraction of sp³-hybridized carbons (Fsp3) is 0.182. The number of hydrogen-bond acceptors (Lipinski definition) is 6. The van der Waals surface area contributed by atoms with E-state index < -0.39 is 0 Å². The topological polar surface area (TPSA) is 78.7 Å². The summed E-state index contributed by atoms with van der Waals surface area (Å²) in [6.45, 7) is 3.04. The van der Waals surface area contributed by atoms with Gasteiger partial charge in [0.1, 0.15) is 16.6 Å². The van der Waals surface area contributed by atoms with Crippen molar-refractivity contribution in [2.45, 2.75) is 13.5 Å². The third-order valence-electron chi connectivity index (χ3n) is 5.05. The molecule has 0 aliphatic carbocycles. The number of aliphatic hydroxyl groups excluding tert-OH is 1. The quantitative estimate of drug-likeness (QED) is 0.663. The Morgan fingerprint density at radius 1 is 1.14 bits per heavy atom. The van der Waals surface area contributed by atoms with Gasteiger partial charge in [-0.25, -0.2) is 4.98 Å². The van der Waals surface area contributed by atoms with Crippen LogP contribution in [0.15, 0.2) is 54.3 Å². The molecule has 0 radical (unpaired) electrons. The SMILES string of the molecule is Cc1sc(C2=C(O)CN(Cc3ccc4c(c3)OCO4)C2=N)nc1-c1ccccc1. The summed E-state index contributed by atoms with van der Waals surface area (Å²) in [7, 11) is 0. The molecule has 0 bridgehead atoms. The summed E-state index contributed by atoms with van der Waals surface area (Å²) in [6, 6.07) is 15.7. The summed E-state index contributed by atoms with van der Waals surface area (Å²) in [5.74, 6) is 1.92. The highest BCUT2D eigenvalue weighted by Gasteiger charge is 2.31. The molecule has 3 heterocycles. The van der Waals surface area contributed by atoms with Crippen molar-refractivity contribution < 1.29 is 14.6 Å². The van der Waals surface area contributed by atoms with E-state index in [1.165, 1.54) is 11.3 Å². The molecule has 2 aromatic carbocycles. The summed E-state index contributed by atoms with van der Waals surface area (Å²) in [4.78, 5) is 7.65. The summed E-state index contributed by atoms with van der Waals surface area (Å²) in [5, 5.41) is 19.9. The summed E-state index contributed by atoms with van der Waals surface area (Å²) >= 11 is 1.51. The van der Waals surface area contributed by atoms with Crippen LogP contribution in [-0.2, 0) is 6.54 Å². The van der Waals surface area contributed by atoms with Crippen molar-refractivity contribution in [1.82, 2.24) is 9.88 Å². The normalized spacial score (nSPS) is 15.5. The molecule has 3 aromatic rings. The van der Waals surface area contributed by atoms with Crippen molar-refractivity contribution in [3.8, 4) is 22.8 Å². The zero-order valence-electron chi connectivity index (χ0n) is 15.8. The Kier molecular flexibility index (Phi) is 4.24.